The van der Waals surface area contributed by atoms with Gasteiger partial charge >= 0.3 is 0 Å². The van der Waals surface area contributed by atoms with Crippen molar-refractivity contribution in [1.29, 1.82) is 0 Å². The monoisotopic (exact) mass is 341 g/mol. The molecular weight excluding hydrogens is 318 g/mol. The standard InChI is InChI=1S/C15H23N3O4S/c1-9-13(8-14(22-9)23(20,21)16-2)15(19)18(3)12-6-10-4-5-11(7-12)17-10/h8,10-12,16-17H,4-7H2,1-3H3. The maximum absolute atomic E-state index is 12.8. The average molecular weight is 341 g/mol. The van der Waals surface area contributed by atoms with E-state index in [2.05, 4.69) is 10.0 Å². The first-order valence-electron chi connectivity index (χ1n) is 7.89. The van der Waals surface area contributed by atoms with E-state index in [1.54, 1.807) is 18.9 Å². The van der Waals surface area contributed by atoms with E-state index in [4.69, 9.17) is 4.42 Å². The van der Waals surface area contributed by atoms with Crippen LogP contribution in [0.25, 0.3) is 0 Å². The number of hydrogen-bond donors (Lipinski definition) is 2. The lowest BCUT2D eigenvalue weighted by Gasteiger charge is -2.35. The van der Waals surface area contributed by atoms with Gasteiger partial charge in [-0.15, -0.1) is 0 Å². The minimum Gasteiger partial charge on any atom is -0.448 e. The first kappa shape index (κ1) is 16.5. The molecule has 2 bridgehead atoms. The third-order valence-electron chi connectivity index (χ3n) is 4.98. The summed E-state index contributed by atoms with van der Waals surface area (Å²) in [4.78, 5) is 14.5. The van der Waals surface area contributed by atoms with Crippen LogP contribution in [0.2, 0.25) is 0 Å². The van der Waals surface area contributed by atoms with Gasteiger partial charge < -0.3 is 14.6 Å². The van der Waals surface area contributed by atoms with Crippen LogP contribution >= 0.6 is 0 Å². The summed E-state index contributed by atoms with van der Waals surface area (Å²) in [5.74, 6) is 0.141. The highest BCUT2D eigenvalue weighted by atomic mass is 32.2. The fraction of sp³-hybridized carbons (Fsp3) is 0.667. The van der Waals surface area contributed by atoms with Crippen LogP contribution in [0, 0.1) is 6.92 Å². The van der Waals surface area contributed by atoms with Gasteiger partial charge in [-0.1, -0.05) is 0 Å². The van der Waals surface area contributed by atoms with Crippen LogP contribution in [0.5, 0.6) is 0 Å². The molecular formula is C15H23N3O4S. The Morgan fingerprint density at radius 2 is 1.96 bits per heavy atom. The zero-order chi connectivity index (χ0) is 16.8. The quantitative estimate of drug-likeness (QED) is 0.847. The molecule has 23 heavy (non-hydrogen) atoms. The number of nitrogens with zero attached hydrogens (tertiary/aromatic N) is 1. The first-order chi connectivity index (χ1) is 10.8. The van der Waals surface area contributed by atoms with Crippen molar-refractivity contribution in [2.75, 3.05) is 14.1 Å². The molecule has 8 heteroatoms. The van der Waals surface area contributed by atoms with E-state index in [0.29, 0.717) is 23.4 Å². The van der Waals surface area contributed by atoms with E-state index in [9.17, 15) is 13.2 Å². The van der Waals surface area contributed by atoms with Crippen LogP contribution in [0.3, 0.4) is 0 Å². The van der Waals surface area contributed by atoms with E-state index in [1.807, 2.05) is 0 Å². The molecule has 2 saturated heterocycles. The zero-order valence-electron chi connectivity index (χ0n) is 13.6. The van der Waals surface area contributed by atoms with Crippen molar-refractivity contribution >= 4 is 15.9 Å². The van der Waals surface area contributed by atoms with Crippen molar-refractivity contribution < 1.29 is 17.6 Å². The van der Waals surface area contributed by atoms with E-state index < -0.39 is 10.0 Å². The zero-order valence-corrected chi connectivity index (χ0v) is 14.4. The molecule has 0 saturated carbocycles. The molecule has 2 unspecified atom stereocenters. The van der Waals surface area contributed by atoms with Crippen molar-refractivity contribution in [3.05, 3.63) is 17.4 Å². The molecule has 1 amide bonds. The summed E-state index contributed by atoms with van der Waals surface area (Å²) >= 11 is 0. The highest BCUT2D eigenvalue weighted by Gasteiger charge is 2.37. The summed E-state index contributed by atoms with van der Waals surface area (Å²) < 4.78 is 31.1. The summed E-state index contributed by atoms with van der Waals surface area (Å²) in [6.07, 6.45) is 4.21. The lowest BCUT2D eigenvalue weighted by Crippen LogP contribution is -2.48. The molecule has 2 N–H and O–H groups in total. The number of carbonyl (C=O) groups excluding carboxylic acids is 1. The molecule has 0 aromatic carbocycles. The van der Waals surface area contributed by atoms with Gasteiger partial charge in [-0.2, -0.15) is 0 Å². The van der Waals surface area contributed by atoms with Crippen molar-refractivity contribution in [3.8, 4) is 0 Å². The van der Waals surface area contributed by atoms with Gasteiger partial charge in [0.05, 0.1) is 5.56 Å². The molecule has 0 spiro atoms. The van der Waals surface area contributed by atoms with Crippen LogP contribution in [-0.4, -0.2) is 51.4 Å². The molecule has 7 nitrogen and oxygen atoms in total. The largest absolute Gasteiger partial charge is 0.448 e. The fourth-order valence-corrected chi connectivity index (χ4v) is 4.31. The predicted octanol–water partition coefficient (Wildman–Crippen LogP) is 0.851. The lowest BCUT2D eigenvalue weighted by atomic mass is 9.98. The number of hydrogen-bond acceptors (Lipinski definition) is 5. The van der Waals surface area contributed by atoms with E-state index in [1.165, 1.54) is 26.0 Å². The predicted molar refractivity (Wildman–Crippen MR) is 84.8 cm³/mol. The van der Waals surface area contributed by atoms with Gasteiger partial charge in [-0.25, -0.2) is 13.1 Å². The van der Waals surface area contributed by atoms with Crippen LogP contribution in [0.4, 0.5) is 0 Å². The highest BCUT2D eigenvalue weighted by Crippen LogP contribution is 2.30. The topological polar surface area (TPSA) is 91.7 Å². The summed E-state index contributed by atoms with van der Waals surface area (Å²) in [6, 6.07) is 2.47. The maximum Gasteiger partial charge on any atom is 0.273 e. The summed E-state index contributed by atoms with van der Waals surface area (Å²) in [6.45, 7) is 1.61. The summed E-state index contributed by atoms with van der Waals surface area (Å²) in [7, 11) is -0.590. The average Bonchev–Trinajstić information content (AvgIpc) is 3.08. The van der Waals surface area contributed by atoms with Crippen molar-refractivity contribution in [2.24, 2.45) is 0 Å². The Bertz CT molecular complexity index is 700. The minimum atomic E-state index is -3.69. The van der Waals surface area contributed by atoms with Gasteiger partial charge in [0.1, 0.15) is 5.76 Å². The second kappa shape index (κ2) is 5.92. The van der Waals surface area contributed by atoms with Gasteiger partial charge in [0.15, 0.2) is 0 Å². The molecule has 1 aromatic heterocycles. The first-order valence-corrected chi connectivity index (χ1v) is 9.37. The molecule has 128 valence electrons. The normalized spacial score (nSPS) is 27.2. The summed E-state index contributed by atoms with van der Waals surface area (Å²) in [5.41, 5.74) is 0.312. The number of rotatable bonds is 4. The molecule has 0 aliphatic carbocycles. The fourth-order valence-electron chi connectivity index (χ4n) is 3.60. The minimum absolute atomic E-state index is 0.180. The second-order valence-corrected chi connectivity index (χ2v) is 8.24. The van der Waals surface area contributed by atoms with Crippen LogP contribution in [0.1, 0.15) is 41.8 Å². The Hall–Kier alpha value is -1.38. The molecule has 3 rings (SSSR count). The van der Waals surface area contributed by atoms with Crippen molar-refractivity contribution in [3.63, 3.8) is 0 Å². The number of nitrogens with one attached hydrogen (secondary N) is 2. The molecule has 3 heterocycles. The molecule has 2 atom stereocenters. The van der Waals surface area contributed by atoms with Crippen molar-refractivity contribution in [2.45, 2.75) is 55.8 Å². The number of fused-ring (bicyclic) bond motifs is 2. The van der Waals surface area contributed by atoms with Gasteiger partial charge in [0.25, 0.3) is 15.9 Å². The smallest absolute Gasteiger partial charge is 0.273 e. The molecule has 2 fully saturated rings. The van der Waals surface area contributed by atoms with Gasteiger partial charge in [-0.05, 0) is 39.7 Å². The number of piperidine rings is 1. The summed E-state index contributed by atoms with van der Waals surface area (Å²) in [5, 5.41) is 3.33. The number of carbonyl (C=O) groups is 1. The SMILES string of the molecule is CNS(=O)(=O)c1cc(C(=O)N(C)C2CC3CCC(C2)N3)c(C)o1. The second-order valence-electron chi connectivity index (χ2n) is 6.42. The van der Waals surface area contributed by atoms with E-state index in [0.717, 1.165) is 12.8 Å². The lowest BCUT2D eigenvalue weighted by molar-refractivity contribution is 0.0680. The van der Waals surface area contributed by atoms with E-state index in [-0.39, 0.29) is 17.0 Å². The Kier molecular flexibility index (Phi) is 4.24. The number of amides is 1. The Labute approximate surface area is 136 Å². The molecule has 0 radical (unpaired) electrons. The number of furan rings is 1. The third kappa shape index (κ3) is 3.02. The van der Waals surface area contributed by atoms with Crippen LogP contribution in [0.15, 0.2) is 15.6 Å². The maximum atomic E-state index is 12.8. The van der Waals surface area contributed by atoms with Crippen LogP contribution < -0.4 is 10.0 Å². The number of aryl methyl sites for hydroxylation is 1. The Morgan fingerprint density at radius 1 is 1.35 bits per heavy atom. The third-order valence-corrected chi connectivity index (χ3v) is 6.24. The van der Waals surface area contributed by atoms with Gasteiger partial charge in [0.2, 0.25) is 5.09 Å². The Morgan fingerprint density at radius 3 is 2.52 bits per heavy atom. The molecule has 2 aliphatic rings. The van der Waals surface area contributed by atoms with Crippen LogP contribution in [-0.2, 0) is 10.0 Å². The molecule has 2 aliphatic heterocycles. The van der Waals surface area contributed by atoms with Crippen molar-refractivity contribution in [1.82, 2.24) is 14.9 Å². The highest BCUT2D eigenvalue weighted by molar-refractivity contribution is 7.89. The molecule has 1 aromatic rings. The number of sulfonamides is 1. The van der Waals surface area contributed by atoms with Gasteiger partial charge in [0, 0.05) is 31.2 Å². The van der Waals surface area contributed by atoms with E-state index >= 15 is 0 Å². The van der Waals surface area contributed by atoms with Gasteiger partial charge in [-0.3, -0.25) is 4.79 Å². The Balaban J connectivity index is 1.80.